The number of hydrogen-bond acceptors (Lipinski definition) is 4. The van der Waals surface area contributed by atoms with Crippen LogP contribution in [0, 0.1) is 0 Å². The van der Waals surface area contributed by atoms with Crippen LogP contribution in [0.4, 0.5) is 0 Å². The smallest absolute Gasteiger partial charge is 0.176 e. The van der Waals surface area contributed by atoms with E-state index in [1.165, 1.54) is 0 Å². The summed E-state index contributed by atoms with van der Waals surface area (Å²) in [6.45, 7) is 0. The molecule has 0 amide bonds. The Morgan fingerprint density at radius 3 is 1.56 bits per heavy atom. The fraction of sp³-hybridized carbons (Fsp3) is 0.0588. The Morgan fingerprint density at radius 2 is 1.16 bits per heavy atom. The molecule has 0 saturated heterocycles. The van der Waals surface area contributed by atoms with Gasteiger partial charge in [0.2, 0.25) is 0 Å². The monoisotopic (exact) mass is 366 g/mol. The summed E-state index contributed by atoms with van der Waals surface area (Å²) in [5.74, 6) is 1.39. The Balaban J connectivity index is 1.91. The molecule has 2 aromatic carbocycles. The van der Waals surface area contributed by atoms with Crippen LogP contribution in [0.25, 0.3) is 22.1 Å². The predicted octanol–water partition coefficient (Wildman–Crippen LogP) is 2.16. The van der Waals surface area contributed by atoms with E-state index >= 15 is 0 Å². The molecule has 4 aromatic rings. The van der Waals surface area contributed by atoms with Crippen LogP contribution in [0.3, 0.4) is 0 Å². The van der Waals surface area contributed by atoms with Crippen LogP contribution in [0.5, 0.6) is 0 Å². The van der Waals surface area contributed by atoms with Gasteiger partial charge < -0.3 is 11.5 Å². The molecule has 2 heterocycles. The standard InChI is InChI=1S/C17H14N6S2/c18-16(24)22-12-7-3-1-5-10(12)20-14(22)9-15-21-11-6-2-4-8-13(11)23(15)17(19)25/h1-8H,9H2,(H2,18,24)(H2,19,25). The third kappa shape index (κ3) is 2.55. The van der Waals surface area contributed by atoms with E-state index in [-0.39, 0.29) is 10.2 Å². The lowest BCUT2D eigenvalue weighted by Crippen LogP contribution is -2.24. The molecular weight excluding hydrogens is 352 g/mol. The van der Waals surface area contributed by atoms with Crippen molar-refractivity contribution in [3.63, 3.8) is 0 Å². The number of thiocarbonyl (C=S) groups is 2. The minimum Gasteiger partial charge on any atom is -0.376 e. The van der Waals surface area contributed by atoms with E-state index in [0.717, 1.165) is 22.1 Å². The van der Waals surface area contributed by atoms with Gasteiger partial charge in [-0.1, -0.05) is 24.3 Å². The van der Waals surface area contributed by atoms with Crippen LogP contribution in [0.1, 0.15) is 11.6 Å². The molecule has 4 rings (SSSR count). The van der Waals surface area contributed by atoms with Gasteiger partial charge in [-0.05, 0) is 48.7 Å². The molecule has 0 unspecified atom stereocenters. The summed E-state index contributed by atoms with van der Waals surface area (Å²) in [6, 6.07) is 15.4. The van der Waals surface area contributed by atoms with Gasteiger partial charge in [-0.2, -0.15) is 0 Å². The second-order valence-corrected chi connectivity index (χ2v) is 6.39. The molecule has 0 aliphatic carbocycles. The molecule has 25 heavy (non-hydrogen) atoms. The first-order chi connectivity index (χ1) is 12.1. The van der Waals surface area contributed by atoms with E-state index in [1.807, 2.05) is 48.5 Å². The molecule has 0 saturated carbocycles. The molecule has 0 radical (unpaired) electrons. The second kappa shape index (κ2) is 5.91. The fourth-order valence-electron chi connectivity index (χ4n) is 3.02. The van der Waals surface area contributed by atoms with Crippen molar-refractivity contribution in [1.82, 2.24) is 19.1 Å². The average molecular weight is 366 g/mol. The summed E-state index contributed by atoms with van der Waals surface area (Å²) < 4.78 is 3.52. The van der Waals surface area contributed by atoms with Gasteiger partial charge in [0.15, 0.2) is 10.2 Å². The topological polar surface area (TPSA) is 87.7 Å². The van der Waals surface area contributed by atoms with Crippen molar-refractivity contribution in [1.29, 1.82) is 0 Å². The molecule has 124 valence electrons. The van der Waals surface area contributed by atoms with Crippen molar-refractivity contribution in [3.05, 3.63) is 60.2 Å². The number of imidazole rings is 2. The zero-order valence-electron chi connectivity index (χ0n) is 13.1. The number of para-hydroxylation sites is 4. The highest BCUT2D eigenvalue weighted by Gasteiger charge is 2.18. The van der Waals surface area contributed by atoms with Crippen LogP contribution < -0.4 is 11.5 Å². The molecule has 8 heteroatoms. The van der Waals surface area contributed by atoms with E-state index in [4.69, 9.17) is 35.9 Å². The quantitative estimate of drug-likeness (QED) is 0.529. The molecule has 0 fully saturated rings. The van der Waals surface area contributed by atoms with Crippen molar-refractivity contribution in [2.24, 2.45) is 11.5 Å². The minimum atomic E-state index is 0.238. The van der Waals surface area contributed by atoms with Crippen LogP contribution >= 0.6 is 24.4 Å². The molecule has 0 bridgehead atoms. The van der Waals surface area contributed by atoms with Crippen LogP contribution in [-0.4, -0.2) is 29.3 Å². The lowest BCUT2D eigenvalue weighted by Gasteiger charge is -2.08. The number of nitrogens with zero attached hydrogens (tertiary/aromatic N) is 4. The summed E-state index contributed by atoms with van der Waals surface area (Å²) in [5, 5.41) is 0.475. The third-order valence-electron chi connectivity index (χ3n) is 4.02. The van der Waals surface area contributed by atoms with Crippen molar-refractivity contribution >= 4 is 56.7 Å². The summed E-state index contributed by atoms with van der Waals surface area (Å²) in [6.07, 6.45) is 0.401. The maximum atomic E-state index is 5.93. The average Bonchev–Trinajstić information content (AvgIpc) is 3.12. The van der Waals surface area contributed by atoms with Gasteiger partial charge >= 0.3 is 0 Å². The number of benzene rings is 2. The Labute approximate surface area is 154 Å². The first-order valence-corrected chi connectivity index (χ1v) is 8.40. The van der Waals surface area contributed by atoms with Crippen molar-refractivity contribution < 1.29 is 0 Å². The van der Waals surface area contributed by atoms with Crippen LogP contribution in [0.2, 0.25) is 0 Å². The zero-order chi connectivity index (χ0) is 17.6. The lowest BCUT2D eigenvalue weighted by atomic mass is 10.3. The Bertz CT molecular complexity index is 1050. The summed E-state index contributed by atoms with van der Waals surface area (Å²) in [4.78, 5) is 9.32. The Kier molecular flexibility index (Phi) is 3.70. The molecule has 2 aromatic heterocycles. The summed E-state index contributed by atoms with van der Waals surface area (Å²) >= 11 is 10.4. The molecule has 0 spiro atoms. The lowest BCUT2D eigenvalue weighted by molar-refractivity contribution is 0.889. The highest BCUT2D eigenvalue weighted by atomic mass is 32.1. The van der Waals surface area contributed by atoms with E-state index < -0.39 is 0 Å². The van der Waals surface area contributed by atoms with E-state index in [2.05, 4.69) is 9.97 Å². The first kappa shape index (κ1) is 15.7. The summed E-state index contributed by atoms with van der Waals surface area (Å²) in [7, 11) is 0. The molecular formula is C17H14N6S2. The number of nitrogens with two attached hydrogens (primary N) is 2. The van der Waals surface area contributed by atoms with Crippen molar-refractivity contribution in [2.45, 2.75) is 6.42 Å². The highest BCUT2D eigenvalue weighted by Crippen LogP contribution is 2.21. The van der Waals surface area contributed by atoms with Gasteiger partial charge in [0.05, 0.1) is 28.5 Å². The normalized spacial score (nSPS) is 11.2. The maximum Gasteiger partial charge on any atom is 0.176 e. The Hall–Kier alpha value is -2.84. The largest absolute Gasteiger partial charge is 0.376 e. The van der Waals surface area contributed by atoms with Crippen molar-refractivity contribution in [3.8, 4) is 0 Å². The van der Waals surface area contributed by atoms with Gasteiger partial charge in [0, 0.05) is 0 Å². The molecule has 4 N–H and O–H groups in total. The maximum absolute atomic E-state index is 5.93. The number of fused-ring (bicyclic) bond motifs is 2. The molecule has 0 aliphatic heterocycles. The van der Waals surface area contributed by atoms with Crippen LogP contribution in [0.15, 0.2) is 48.5 Å². The molecule has 0 atom stereocenters. The zero-order valence-corrected chi connectivity index (χ0v) is 14.7. The molecule has 0 aliphatic rings. The fourth-order valence-corrected chi connectivity index (χ4v) is 3.43. The number of rotatable bonds is 2. The Morgan fingerprint density at radius 1 is 0.760 bits per heavy atom. The minimum absolute atomic E-state index is 0.238. The first-order valence-electron chi connectivity index (χ1n) is 7.58. The summed E-state index contributed by atoms with van der Waals surface area (Å²) in [5.41, 5.74) is 15.2. The van der Waals surface area contributed by atoms with E-state index in [0.29, 0.717) is 18.1 Å². The predicted molar refractivity (Wildman–Crippen MR) is 107 cm³/mol. The van der Waals surface area contributed by atoms with E-state index in [9.17, 15) is 0 Å². The SMILES string of the molecule is NC(=S)n1c(Cc2nc3ccccc3n2C(N)=S)nc2ccccc21. The molecule has 6 nitrogen and oxygen atoms in total. The number of hydrogen-bond donors (Lipinski definition) is 2. The van der Waals surface area contributed by atoms with Crippen LogP contribution in [-0.2, 0) is 6.42 Å². The van der Waals surface area contributed by atoms with Gasteiger partial charge in [-0.25, -0.2) is 9.97 Å². The van der Waals surface area contributed by atoms with Gasteiger partial charge in [0.1, 0.15) is 11.6 Å². The third-order valence-corrected chi connectivity index (χ3v) is 4.38. The van der Waals surface area contributed by atoms with Crippen molar-refractivity contribution in [2.75, 3.05) is 0 Å². The van der Waals surface area contributed by atoms with Gasteiger partial charge in [-0.15, -0.1) is 0 Å². The number of aromatic nitrogens is 4. The van der Waals surface area contributed by atoms with Gasteiger partial charge in [-0.3, -0.25) is 9.13 Å². The highest BCUT2D eigenvalue weighted by molar-refractivity contribution is 7.80. The van der Waals surface area contributed by atoms with Gasteiger partial charge in [0.25, 0.3) is 0 Å². The van der Waals surface area contributed by atoms with E-state index in [1.54, 1.807) is 9.13 Å². The second-order valence-electron chi connectivity index (χ2n) is 5.56.